The average molecular weight is 209 g/mol. The maximum absolute atomic E-state index is 11.8. The number of Topliss-reactive ketones (excluding diaryl/α,β-unsaturated/α-hetero) is 1. The van der Waals surface area contributed by atoms with Gasteiger partial charge in [0, 0.05) is 31.1 Å². The molecule has 0 aliphatic heterocycles. The van der Waals surface area contributed by atoms with Crippen LogP contribution in [0, 0.1) is 5.41 Å². The fourth-order valence-electron chi connectivity index (χ4n) is 1.21. The van der Waals surface area contributed by atoms with Crippen LogP contribution in [0.15, 0.2) is 12.4 Å². The fourth-order valence-corrected chi connectivity index (χ4v) is 1.21. The zero-order valence-electron chi connectivity index (χ0n) is 9.66. The molecule has 1 heterocycles. The monoisotopic (exact) mass is 209 g/mol. The van der Waals surface area contributed by atoms with Crippen LogP contribution >= 0.6 is 0 Å². The maximum Gasteiger partial charge on any atom is 0.144 e. The minimum Gasteiger partial charge on any atom is -0.329 e. The SMILES string of the molecule is CCn1cc(CC(=O)C(C)(C)CN)cn1. The lowest BCUT2D eigenvalue weighted by atomic mass is 9.85. The molecule has 15 heavy (non-hydrogen) atoms. The standard InChI is InChI=1S/C11H19N3O/c1-4-14-7-9(6-13-14)5-10(15)11(2,3)8-12/h6-7H,4-5,8,12H2,1-3H3. The number of nitrogens with two attached hydrogens (primary N) is 1. The molecule has 0 fully saturated rings. The number of hydrogen-bond donors (Lipinski definition) is 1. The van der Waals surface area contributed by atoms with Gasteiger partial charge in [0.15, 0.2) is 0 Å². The van der Waals surface area contributed by atoms with Crippen LogP contribution in [-0.4, -0.2) is 22.1 Å². The number of hydrogen-bond acceptors (Lipinski definition) is 3. The van der Waals surface area contributed by atoms with Gasteiger partial charge in [-0.1, -0.05) is 13.8 Å². The number of aromatic nitrogens is 2. The Labute approximate surface area is 90.5 Å². The van der Waals surface area contributed by atoms with Gasteiger partial charge in [0.2, 0.25) is 0 Å². The quantitative estimate of drug-likeness (QED) is 0.787. The molecular weight excluding hydrogens is 190 g/mol. The van der Waals surface area contributed by atoms with Crippen LogP contribution in [0.25, 0.3) is 0 Å². The largest absolute Gasteiger partial charge is 0.329 e. The topological polar surface area (TPSA) is 60.9 Å². The summed E-state index contributed by atoms with van der Waals surface area (Å²) in [6, 6.07) is 0. The van der Waals surface area contributed by atoms with Crippen molar-refractivity contribution in [1.29, 1.82) is 0 Å². The second-order valence-corrected chi connectivity index (χ2v) is 4.39. The van der Waals surface area contributed by atoms with Crippen LogP contribution in [0.5, 0.6) is 0 Å². The molecule has 1 rings (SSSR count). The van der Waals surface area contributed by atoms with Crippen molar-refractivity contribution >= 4 is 5.78 Å². The highest BCUT2D eigenvalue weighted by Crippen LogP contribution is 2.17. The zero-order valence-corrected chi connectivity index (χ0v) is 9.66. The summed E-state index contributed by atoms with van der Waals surface area (Å²) >= 11 is 0. The van der Waals surface area contributed by atoms with E-state index in [1.54, 1.807) is 6.20 Å². The number of ketones is 1. The Hall–Kier alpha value is -1.16. The van der Waals surface area contributed by atoms with Gasteiger partial charge in [0.25, 0.3) is 0 Å². The van der Waals surface area contributed by atoms with Crippen LogP contribution < -0.4 is 5.73 Å². The molecule has 1 aromatic heterocycles. The van der Waals surface area contributed by atoms with E-state index in [2.05, 4.69) is 5.10 Å². The lowest BCUT2D eigenvalue weighted by Gasteiger charge is -2.19. The Bertz CT molecular complexity index is 341. The molecule has 0 bridgehead atoms. The molecule has 0 aliphatic carbocycles. The predicted octanol–water partition coefficient (Wildman–Crippen LogP) is 0.999. The van der Waals surface area contributed by atoms with Gasteiger partial charge in [-0.15, -0.1) is 0 Å². The van der Waals surface area contributed by atoms with Crippen LogP contribution in [-0.2, 0) is 17.8 Å². The zero-order chi connectivity index (χ0) is 11.5. The minimum atomic E-state index is -0.436. The van der Waals surface area contributed by atoms with Gasteiger partial charge in [-0.3, -0.25) is 9.48 Å². The van der Waals surface area contributed by atoms with Crippen molar-refractivity contribution in [2.75, 3.05) is 6.54 Å². The smallest absolute Gasteiger partial charge is 0.144 e. The van der Waals surface area contributed by atoms with E-state index in [4.69, 9.17) is 5.73 Å². The van der Waals surface area contributed by atoms with E-state index in [-0.39, 0.29) is 5.78 Å². The molecular formula is C11H19N3O. The summed E-state index contributed by atoms with van der Waals surface area (Å²) in [5.74, 6) is 0.167. The summed E-state index contributed by atoms with van der Waals surface area (Å²) in [6.45, 7) is 6.98. The summed E-state index contributed by atoms with van der Waals surface area (Å²) in [4.78, 5) is 11.8. The average Bonchev–Trinajstić information content (AvgIpc) is 2.65. The van der Waals surface area contributed by atoms with Gasteiger partial charge >= 0.3 is 0 Å². The first-order valence-corrected chi connectivity index (χ1v) is 5.24. The normalized spacial score (nSPS) is 11.7. The molecule has 0 saturated carbocycles. The molecule has 0 aliphatic rings. The van der Waals surface area contributed by atoms with Gasteiger partial charge in [0.05, 0.1) is 6.20 Å². The first-order chi connectivity index (χ1) is 6.99. The molecule has 4 heteroatoms. The highest BCUT2D eigenvalue weighted by atomic mass is 16.1. The lowest BCUT2D eigenvalue weighted by Crippen LogP contribution is -2.33. The van der Waals surface area contributed by atoms with Crippen LogP contribution in [0.1, 0.15) is 26.3 Å². The highest BCUT2D eigenvalue weighted by Gasteiger charge is 2.25. The first kappa shape index (κ1) is 11.9. The summed E-state index contributed by atoms with van der Waals surface area (Å²) in [6.07, 6.45) is 4.07. The molecule has 0 spiro atoms. The van der Waals surface area contributed by atoms with Crippen LogP contribution in [0.4, 0.5) is 0 Å². The van der Waals surface area contributed by atoms with E-state index in [1.807, 2.05) is 31.6 Å². The van der Waals surface area contributed by atoms with Gasteiger partial charge < -0.3 is 5.73 Å². The van der Waals surface area contributed by atoms with E-state index in [1.165, 1.54) is 0 Å². The number of carbonyl (C=O) groups excluding carboxylic acids is 1. The molecule has 2 N–H and O–H groups in total. The summed E-state index contributed by atoms with van der Waals surface area (Å²) < 4.78 is 1.82. The van der Waals surface area contributed by atoms with E-state index in [0.717, 1.165) is 12.1 Å². The second-order valence-electron chi connectivity index (χ2n) is 4.39. The summed E-state index contributed by atoms with van der Waals surface area (Å²) in [5.41, 5.74) is 6.08. The summed E-state index contributed by atoms with van der Waals surface area (Å²) in [7, 11) is 0. The molecule has 0 amide bonds. The molecule has 0 saturated heterocycles. The van der Waals surface area contributed by atoms with Crippen molar-refractivity contribution in [1.82, 2.24) is 9.78 Å². The van der Waals surface area contributed by atoms with Crippen molar-refractivity contribution in [3.63, 3.8) is 0 Å². The Kier molecular flexibility index (Phi) is 3.63. The Morgan fingerprint density at radius 2 is 2.27 bits per heavy atom. The fraction of sp³-hybridized carbons (Fsp3) is 0.636. The molecule has 0 aromatic carbocycles. The Morgan fingerprint density at radius 1 is 1.60 bits per heavy atom. The molecule has 0 radical (unpaired) electrons. The second kappa shape index (κ2) is 4.57. The van der Waals surface area contributed by atoms with E-state index in [9.17, 15) is 4.79 Å². The van der Waals surface area contributed by atoms with E-state index in [0.29, 0.717) is 13.0 Å². The van der Waals surface area contributed by atoms with E-state index < -0.39 is 5.41 Å². The van der Waals surface area contributed by atoms with Crippen molar-refractivity contribution < 1.29 is 4.79 Å². The molecule has 84 valence electrons. The first-order valence-electron chi connectivity index (χ1n) is 5.24. The molecule has 1 aromatic rings. The third-order valence-electron chi connectivity index (χ3n) is 2.64. The third-order valence-corrected chi connectivity index (χ3v) is 2.64. The van der Waals surface area contributed by atoms with Crippen LogP contribution in [0.2, 0.25) is 0 Å². The summed E-state index contributed by atoms with van der Waals surface area (Å²) in [5, 5.41) is 4.13. The number of rotatable bonds is 5. The van der Waals surface area contributed by atoms with Crippen molar-refractivity contribution in [2.45, 2.75) is 33.7 Å². The number of aryl methyl sites for hydroxylation is 1. The maximum atomic E-state index is 11.8. The third kappa shape index (κ3) is 2.89. The van der Waals surface area contributed by atoms with E-state index >= 15 is 0 Å². The predicted molar refractivity (Wildman–Crippen MR) is 59.4 cm³/mol. The molecule has 0 unspecified atom stereocenters. The number of nitrogens with zero attached hydrogens (tertiary/aromatic N) is 2. The van der Waals surface area contributed by atoms with Crippen molar-refractivity contribution in [2.24, 2.45) is 11.1 Å². The molecule has 4 nitrogen and oxygen atoms in total. The van der Waals surface area contributed by atoms with Crippen molar-refractivity contribution in [3.8, 4) is 0 Å². The van der Waals surface area contributed by atoms with Crippen LogP contribution in [0.3, 0.4) is 0 Å². The van der Waals surface area contributed by atoms with Crippen molar-refractivity contribution in [3.05, 3.63) is 18.0 Å². The minimum absolute atomic E-state index is 0.167. The van der Waals surface area contributed by atoms with Gasteiger partial charge in [-0.05, 0) is 12.5 Å². The molecule has 0 atom stereocenters. The highest BCUT2D eigenvalue weighted by molar-refractivity contribution is 5.86. The lowest BCUT2D eigenvalue weighted by molar-refractivity contribution is -0.125. The Balaban J connectivity index is 2.66. The van der Waals surface area contributed by atoms with Gasteiger partial charge in [0.1, 0.15) is 5.78 Å². The Morgan fingerprint density at radius 3 is 2.73 bits per heavy atom. The van der Waals surface area contributed by atoms with Gasteiger partial charge in [-0.2, -0.15) is 5.10 Å². The number of carbonyl (C=O) groups is 1. The van der Waals surface area contributed by atoms with Gasteiger partial charge in [-0.25, -0.2) is 0 Å².